The van der Waals surface area contributed by atoms with Gasteiger partial charge in [0.1, 0.15) is 6.54 Å². The minimum absolute atomic E-state index is 0.00159. The maximum absolute atomic E-state index is 12.1. The van der Waals surface area contributed by atoms with Crippen LogP contribution in [0.4, 0.5) is 0 Å². The van der Waals surface area contributed by atoms with Gasteiger partial charge < -0.3 is 15.4 Å². The summed E-state index contributed by atoms with van der Waals surface area (Å²) in [5, 5.41) is 0. The van der Waals surface area contributed by atoms with E-state index in [1.807, 2.05) is 13.8 Å². The highest BCUT2D eigenvalue weighted by Crippen LogP contribution is 2.12. The largest absolute Gasteiger partial charge is 0.465 e. The van der Waals surface area contributed by atoms with Crippen molar-refractivity contribution in [3.8, 4) is 0 Å². The minimum Gasteiger partial charge on any atom is -0.465 e. The Labute approximate surface area is 116 Å². The van der Waals surface area contributed by atoms with Crippen LogP contribution in [0.3, 0.4) is 0 Å². The van der Waals surface area contributed by atoms with Gasteiger partial charge in [0.05, 0.1) is 6.61 Å². The molecular weight excluding hydrogens is 244 g/mol. The summed E-state index contributed by atoms with van der Waals surface area (Å²) in [6.07, 6.45) is 2.19. The third-order valence-electron chi connectivity index (χ3n) is 3.06. The van der Waals surface area contributed by atoms with Crippen LogP contribution in [0.2, 0.25) is 0 Å². The van der Waals surface area contributed by atoms with Gasteiger partial charge in [-0.1, -0.05) is 6.92 Å². The highest BCUT2D eigenvalue weighted by atomic mass is 16.5. The number of rotatable bonds is 9. The number of nitrogens with two attached hydrogens (primary N) is 1. The van der Waals surface area contributed by atoms with E-state index >= 15 is 0 Å². The van der Waals surface area contributed by atoms with Crippen molar-refractivity contribution in [1.29, 1.82) is 0 Å². The Bertz CT molecular complexity index is 280. The number of ether oxygens (including phenoxy) is 1. The van der Waals surface area contributed by atoms with Gasteiger partial charge in [0.2, 0.25) is 5.91 Å². The van der Waals surface area contributed by atoms with Crippen LogP contribution in [0, 0.1) is 5.92 Å². The molecule has 0 aliphatic heterocycles. The summed E-state index contributed by atoms with van der Waals surface area (Å²) >= 11 is 0. The molecule has 1 unspecified atom stereocenters. The molecule has 0 aliphatic carbocycles. The van der Waals surface area contributed by atoms with Crippen molar-refractivity contribution >= 4 is 11.9 Å². The van der Waals surface area contributed by atoms with Gasteiger partial charge in [-0.2, -0.15) is 0 Å². The van der Waals surface area contributed by atoms with Crippen LogP contribution in [0.15, 0.2) is 0 Å². The van der Waals surface area contributed by atoms with Gasteiger partial charge in [-0.15, -0.1) is 0 Å². The first kappa shape index (κ1) is 17.9. The summed E-state index contributed by atoms with van der Waals surface area (Å²) in [4.78, 5) is 25.2. The molecule has 0 bridgehead atoms. The lowest BCUT2D eigenvalue weighted by atomic mass is 10.0. The molecule has 0 saturated heterocycles. The van der Waals surface area contributed by atoms with E-state index in [2.05, 4.69) is 6.92 Å². The highest BCUT2D eigenvalue weighted by molar-refractivity contribution is 5.82. The van der Waals surface area contributed by atoms with E-state index in [1.54, 1.807) is 11.8 Å². The van der Waals surface area contributed by atoms with Gasteiger partial charge in [0.25, 0.3) is 0 Å². The molecule has 0 saturated carbocycles. The van der Waals surface area contributed by atoms with Crippen molar-refractivity contribution in [2.24, 2.45) is 11.7 Å². The van der Waals surface area contributed by atoms with Gasteiger partial charge >= 0.3 is 5.97 Å². The second-order valence-electron chi connectivity index (χ2n) is 5.14. The second-order valence-corrected chi connectivity index (χ2v) is 5.14. The predicted molar refractivity (Wildman–Crippen MR) is 75.6 cm³/mol. The SMILES string of the molecule is CCOC(=O)CN(C(=O)CCC(C)CCN)C(C)C. The Morgan fingerprint density at radius 2 is 1.84 bits per heavy atom. The minimum atomic E-state index is -0.348. The highest BCUT2D eigenvalue weighted by Gasteiger charge is 2.20. The van der Waals surface area contributed by atoms with Crippen LogP contribution in [-0.4, -0.2) is 42.5 Å². The summed E-state index contributed by atoms with van der Waals surface area (Å²) < 4.78 is 4.89. The van der Waals surface area contributed by atoms with E-state index < -0.39 is 0 Å². The topological polar surface area (TPSA) is 72.6 Å². The Hall–Kier alpha value is -1.10. The molecule has 0 heterocycles. The number of hydrogen-bond acceptors (Lipinski definition) is 4. The van der Waals surface area contributed by atoms with E-state index in [9.17, 15) is 9.59 Å². The van der Waals surface area contributed by atoms with Gasteiger partial charge in [-0.3, -0.25) is 9.59 Å². The van der Waals surface area contributed by atoms with Crippen LogP contribution < -0.4 is 5.73 Å². The molecule has 5 nitrogen and oxygen atoms in total. The molecule has 5 heteroatoms. The number of amides is 1. The van der Waals surface area contributed by atoms with Gasteiger partial charge in [0.15, 0.2) is 0 Å². The number of carbonyl (C=O) groups excluding carboxylic acids is 2. The maximum Gasteiger partial charge on any atom is 0.325 e. The first-order chi connectivity index (χ1) is 8.92. The molecule has 0 aliphatic rings. The van der Waals surface area contributed by atoms with E-state index in [-0.39, 0.29) is 24.5 Å². The molecule has 112 valence electrons. The van der Waals surface area contributed by atoms with Crippen LogP contribution in [0.5, 0.6) is 0 Å². The smallest absolute Gasteiger partial charge is 0.325 e. The van der Waals surface area contributed by atoms with Crippen molar-refractivity contribution in [1.82, 2.24) is 4.90 Å². The zero-order valence-corrected chi connectivity index (χ0v) is 12.6. The quantitative estimate of drug-likeness (QED) is 0.646. The van der Waals surface area contributed by atoms with Crippen LogP contribution in [0.1, 0.15) is 47.0 Å². The standard InChI is InChI=1S/C14H28N2O3/c1-5-19-14(18)10-16(11(2)3)13(17)7-6-12(4)8-9-15/h11-12H,5-10,15H2,1-4H3. The summed E-state index contributed by atoms with van der Waals surface area (Å²) in [5.74, 6) is 0.0945. The molecule has 0 aromatic heterocycles. The zero-order chi connectivity index (χ0) is 14.8. The Kier molecular flexibility index (Phi) is 9.21. The Morgan fingerprint density at radius 1 is 1.21 bits per heavy atom. The van der Waals surface area contributed by atoms with Crippen molar-refractivity contribution < 1.29 is 14.3 Å². The van der Waals surface area contributed by atoms with Gasteiger partial charge in [0, 0.05) is 12.5 Å². The molecule has 0 fully saturated rings. The van der Waals surface area contributed by atoms with Crippen molar-refractivity contribution in [3.05, 3.63) is 0 Å². The van der Waals surface area contributed by atoms with Crippen molar-refractivity contribution in [2.45, 2.75) is 53.0 Å². The number of nitrogens with zero attached hydrogens (tertiary/aromatic N) is 1. The van der Waals surface area contributed by atoms with Crippen molar-refractivity contribution in [2.75, 3.05) is 19.7 Å². The average molecular weight is 272 g/mol. The zero-order valence-electron chi connectivity index (χ0n) is 12.6. The van der Waals surface area contributed by atoms with Crippen LogP contribution >= 0.6 is 0 Å². The first-order valence-corrected chi connectivity index (χ1v) is 7.07. The molecular formula is C14H28N2O3. The fourth-order valence-electron chi connectivity index (χ4n) is 1.85. The van der Waals surface area contributed by atoms with Gasteiger partial charge in [-0.25, -0.2) is 0 Å². The fraction of sp³-hybridized carbons (Fsp3) is 0.857. The molecule has 0 aromatic rings. The molecule has 2 N–H and O–H groups in total. The number of esters is 1. The average Bonchev–Trinajstić information content (AvgIpc) is 2.33. The molecule has 0 spiro atoms. The maximum atomic E-state index is 12.1. The first-order valence-electron chi connectivity index (χ1n) is 7.07. The van der Waals surface area contributed by atoms with Crippen molar-refractivity contribution in [3.63, 3.8) is 0 Å². The normalized spacial score (nSPS) is 12.3. The molecule has 0 rings (SSSR count). The summed E-state index contributed by atoms with van der Waals surface area (Å²) in [5.41, 5.74) is 5.49. The van der Waals surface area contributed by atoms with E-state index in [4.69, 9.17) is 10.5 Å². The number of carbonyl (C=O) groups is 2. The summed E-state index contributed by atoms with van der Waals surface area (Å²) in [6, 6.07) is 0.00159. The molecule has 0 aromatic carbocycles. The molecule has 0 radical (unpaired) electrons. The fourth-order valence-corrected chi connectivity index (χ4v) is 1.85. The lowest BCUT2D eigenvalue weighted by molar-refractivity contribution is -0.150. The molecule has 1 amide bonds. The second kappa shape index (κ2) is 9.78. The van der Waals surface area contributed by atoms with Crippen LogP contribution in [0.25, 0.3) is 0 Å². The third-order valence-corrected chi connectivity index (χ3v) is 3.06. The molecule has 1 atom stereocenters. The number of hydrogen-bond donors (Lipinski definition) is 1. The van der Waals surface area contributed by atoms with E-state index in [0.717, 1.165) is 12.8 Å². The van der Waals surface area contributed by atoms with Gasteiger partial charge in [-0.05, 0) is 46.1 Å². The predicted octanol–water partition coefficient (Wildman–Crippen LogP) is 1.55. The van der Waals surface area contributed by atoms with E-state index in [0.29, 0.717) is 25.5 Å². The van der Waals surface area contributed by atoms with Crippen LogP contribution in [-0.2, 0) is 14.3 Å². The summed E-state index contributed by atoms with van der Waals surface area (Å²) in [6.45, 7) is 8.67. The Balaban J connectivity index is 4.30. The van der Waals surface area contributed by atoms with E-state index in [1.165, 1.54) is 0 Å². The molecule has 19 heavy (non-hydrogen) atoms. The summed E-state index contributed by atoms with van der Waals surface area (Å²) in [7, 11) is 0. The lowest BCUT2D eigenvalue weighted by Gasteiger charge is -2.26. The lowest BCUT2D eigenvalue weighted by Crippen LogP contribution is -2.41. The third kappa shape index (κ3) is 7.82. The monoisotopic (exact) mass is 272 g/mol. The Morgan fingerprint density at radius 3 is 2.32 bits per heavy atom.